The Morgan fingerprint density at radius 3 is 2.28 bits per heavy atom. The van der Waals surface area contributed by atoms with Crippen LogP contribution in [0.5, 0.6) is 0 Å². The predicted molar refractivity (Wildman–Crippen MR) is 87.4 cm³/mol. The molecule has 0 unspecified atom stereocenters. The number of aliphatic carboxylic acids is 1. The number of carbonyl (C=O) groups is 1. The van der Waals surface area contributed by atoms with Crippen LogP contribution in [-0.4, -0.2) is 35.0 Å². The second-order valence-electron chi connectivity index (χ2n) is 5.47. The molecule has 0 spiro atoms. The molecule has 0 fully saturated rings. The first-order chi connectivity index (χ1) is 11.8. The van der Waals surface area contributed by atoms with Crippen molar-refractivity contribution in [2.24, 2.45) is 0 Å². The van der Waals surface area contributed by atoms with Gasteiger partial charge in [-0.25, -0.2) is 27.9 Å². The van der Waals surface area contributed by atoms with Crippen molar-refractivity contribution < 1.29 is 18.5 Å². The molecule has 8 nitrogen and oxygen atoms in total. The molecule has 0 saturated heterocycles. The number of rotatable bonds is 4. The van der Waals surface area contributed by atoms with E-state index in [2.05, 4.69) is 0 Å². The van der Waals surface area contributed by atoms with Gasteiger partial charge in [0.2, 0.25) is 0 Å². The molecule has 0 amide bonds. The fourth-order valence-corrected chi connectivity index (χ4v) is 4.04. The lowest BCUT2D eigenvalue weighted by Crippen LogP contribution is -2.30. The molecule has 1 aliphatic rings. The number of halogens is 2. The highest BCUT2D eigenvalue weighted by molar-refractivity contribution is 7.85. The number of benzene rings is 1. The number of fused-ring (bicyclic) bond motifs is 1. The molecule has 0 radical (unpaired) electrons. The summed E-state index contributed by atoms with van der Waals surface area (Å²) >= 11 is 5.85. The Bertz CT molecular complexity index is 972. The van der Waals surface area contributed by atoms with Gasteiger partial charge in [0.15, 0.2) is 0 Å². The van der Waals surface area contributed by atoms with E-state index in [1.54, 1.807) is 0 Å². The number of aromatic nitrogens is 3. The summed E-state index contributed by atoms with van der Waals surface area (Å²) in [5.41, 5.74) is -1.82. The Labute approximate surface area is 147 Å². The van der Waals surface area contributed by atoms with Gasteiger partial charge in [-0.3, -0.25) is 9.00 Å². The normalized spacial score (nSPS) is 15.0. The van der Waals surface area contributed by atoms with Gasteiger partial charge in [-0.2, -0.15) is 0 Å². The zero-order valence-electron chi connectivity index (χ0n) is 12.8. The maximum absolute atomic E-state index is 14.3. The molecule has 1 aromatic carbocycles. The largest absolute Gasteiger partial charge is 0.481 e. The van der Waals surface area contributed by atoms with Gasteiger partial charge >= 0.3 is 17.3 Å². The second-order valence-corrected chi connectivity index (χ2v) is 7.30. The van der Waals surface area contributed by atoms with E-state index >= 15 is 0 Å². The van der Waals surface area contributed by atoms with Gasteiger partial charge in [0.05, 0.1) is 26.4 Å². The number of hydrogen-bond donors (Lipinski definition) is 1. The average Bonchev–Trinajstić information content (AvgIpc) is 2.79. The zero-order chi connectivity index (χ0) is 18.3. The smallest absolute Gasteiger partial charge is 0.351 e. The maximum Gasteiger partial charge on any atom is 0.351 e. The van der Waals surface area contributed by atoms with E-state index in [1.807, 2.05) is 0 Å². The number of carboxylic acids is 1. The van der Waals surface area contributed by atoms with Crippen molar-refractivity contribution in [3.8, 4) is 5.69 Å². The summed E-state index contributed by atoms with van der Waals surface area (Å²) < 4.78 is 29.5. The first-order valence-corrected chi connectivity index (χ1v) is 9.03. The summed E-state index contributed by atoms with van der Waals surface area (Å²) in [6.07, 6.45) is 1.45. The molecule has 1 atom stereocenters. The Hall–Kier alpha value is -2.20. The summed E-state index contributed by atoms with van der Waals surface area (Å²) in [6, 6.07) is 1.81. The van der Waals surface area contributed by atoms with E-state index in [0.717, 1.165) is 25.0 Å². The monoisotopic (exact) mass is 389 g/mol. The summed E-state index contributed by atoms with van der Waals surface area (Å²) in [6.45, 7) is 0.683. The Balaban J connectivity index is 2.21. The minimum Gasteiger partial charge on any atom is -0.481 e. The molecule has 134 valence electrons. The molecule has 0 bridgehead atoms. The lowest BCUT2D eigenvalue weighted by atomic mass is 10.3. The number of hydrogen-bond acceptors (Lipinski definition) is 4. The first kappa shape index (κ1) is 17.6. The molecular weight excluding hydrogens is 377 g/mol. The Morgan fingerprint density at radius 2 is 1.76 bits per heavy atom. The molecule has 3 rings (SSSR count). The van der Waals surface area contributed by atoms with Crippen LogP contribution < -0.4 is 11.4 Å². The number of carboxylic acid groups (broad SMARTS) is 1. The Morgan fingerprint density at radius 1 is 1.20 bits per heavy atom. The van der Waals surface area contributed by atoms with Crippen molar-refractivity contribution in [2.75, 3.05) is 5.75 Å². The predicted octanol–water partition coefficient (Wildman–Crippen LogP) is 0.579. The summed E-state index contributed by atoms with van der Waals surface area (Å²) in [7, 11) is -2.05. The molecule has 2 heterocycles. The van der Waals surface area contributed by atoms with E-state index in [0.29, 0.717) is 17.7 Å². The summed E-state index contributed by atoms with van der Waals surface area (Å²) in [5, 5.41) is 8.52. The van der Waals surface area contributed by atoms with Crippen molar-refractivity contribution >= 4 is 28.4 Å². The van der Waals surface area contributed by atoms with Crippen molar-refractivity contribution in [2.45, 2.75) is 30.8 Å². The van der Waals surface area contributed by atoms with E-state index in [9.17, 15) is 23.0 Å². The van der Waals surface area contributed by atoms with Crippen LogP contribution in [0.4, 0.5) is 4.39 Å². The highest BCUT2D eigenvalue weighted by Crippen LogP contribution is 2.25. The molecule has 25 heavy (non-hydrogen) atoms. The third-order valence-corrected chi connectivity index (χ3v) is 5.61. The van der Waals surface area contributed by atoms with Crippen LogP contribution in [0.3, 0.4) is 0 Å². The van der Waals surface area contributed by atoms with Crippen LogP contribution in [0.2, 0.25) is 5.02 Å². The molecule has 0 saturated carbocycles. The maximum atomic E-state index is 14.3. The van der Waals surface area contributed by atoms with Crippen molar-refractivity contribution in [1.82, 2.24) is 13.9 Å². The zero-order valence-corrected chi connectivity index (χ0v) is 14.3. The van der Waals surface area contributed by atoms with Crippen molar-refractivity contribution in [3.63, 3.8) is 0 Å². The lowest BCUT2D eigenvalue weighted by Gasteiger charge is -2.13. The van der Waals surface area contributed by atoms with Crippen LogP contribution in [-0.2, 0) is 28.7 Å². The number of nitrogens with zero attached hydrogens (tertiary/aromatic N) is 3. The molecule has 11 heteroatoms. The summed E-state index contributed by atoms with van der Waals surface area (Å²) in [5.74, 6) is -2.99. The lowest BCUT2D eigenvalue weighted by molar-refractivity contribution is -0.133. The van der Waals surface area contributed by atoms with Crippen LogP contribution >= 0.6 is 11.6 Å². The first-order valence-electron chi connectivity index (χ1n) is 7.33. The SMILES string of the molecule is O=C(O)C[S@](=O)c1cc(-n2c(=O)n3n(c2=O)CCCC3)c(F)cc1Cl. The molecular formula is C14H13ClFN3O5S. The molecule has 1 aliphatic heterocycles. The van der Waals surface area contributed by atoms with E-state index in [-0.39, 0.29) is 9.92 Å². The van der Waals surface area contributed by atoms with Crippen LogP contribution in [0.1, 0.15) is 12.8 Å². The van der Waals surface area contributed by atoms with Gasteiger partial charge in [-0.1, -0.05) is 11.6 Å². The van der Waals surface area contributed by atoms with Gasteiger partial charge in [0, 0.05) is 13.1 Å². The van der Waals surface area contributed by atoms with E-state index < -0.39 is 45.4 Å². The average molecular weight is 390 g/mol. The van der Waals surface area contributed by atoms with Crippen molar-refractivity contribution in [3.05, 3.63) is 43.9 Å². The third kappa shape index (κ3) is 3.07. The second kappa shape index (κ2) is 6.60. The van der Waals surface area contributed by atoms with Crippen LogP contribution in [0, 0.1) is 5.82 Å². The highest BCUT2D eigenvalue weighted by Gasteiger charge is 2.24. The molecule has 0 aliphatic carbocycles. The van der Waals surface area contributed by atoms with Crippen molar-refractivity contribution in [1.29, 1.82) is 0 Å². The van der Waals surface area contributed by atoms with Crippen LogP contribution in [0.25, 0.3) is 5.69 Å². The third-order valence-electron chi connectivity index (χ3n) is 3.85. The molecule has 2 aromatic rings. The quantitative estimate of drug-likeness (QED) is 0.823. The van der Waals surface area contributed by atoms with Gasteiger partial charge in [-0.05, 0) is 25.0 Å². The van der Waals surface area contributed by atoms with Crippen LogP contribution in [0.15, 0.2) is 26.6 Å². The van der Waals surface area contributed by atoms with Gasteiger partial charge in [-0.15, -0.1) is 0 Å². The molecule has 1 aromatic heterocycles. The minimum atomic E-state index is -2.05. The van der Waals surface area contributed by atoms with E-state index in [4.69, 9.17) is 16.7 Å². The minimum absolute atomic E-state index is 0.152. The Kier molecular flexibility index (Phi) is 4.65. The fraction of sp³-hybridized carbons (Fsp3) is 0.357. The van der Waals surface area contributed by atoms with Gasteiger partial charge < -0.3 is 5.11 Å². The van der Waals surface area contributed by atoms with Gasteiger partial charge in [0.25, 0.3) is 0 Å². The summed E-state index contributed by atoms with van der Waals surface area (Å²) in [4.78, 5) is 35.5. The molecule has 1 N–H and O–H groups in total. The van der Waals surface area contributed by atoms with E-state index in [1.165, 1.54) is 9.36 Å². The standard InChI is InChI=1S/C14H13ClFN3O5S/c15-8-5-9(16)10(6-11(8)25(24)7-12(20)21)19-13(22)17-3-1-2-4-18(17)14(19)23/h5-6H,1-4,7H2,(H,20,21)/t25-/m0/s1. The van der Waals surface area contributed by atoms with Gasteiger partial charge in [0.1, 0.15) is 11.6 Å². The topological polar surface area (TPSA) is 103 Å². The fourth-order valence-electron chi connectivity index (χ4n) is 2.74. The highest BCUT2D eigenvalue weighted by atomic mass is 35.5.